The molecular weight excluding hydrogens is 429 g/mol. The number of rotatable bonds is 9. The Kier molecular flexibility index (Phi) is 8.12. The van der Waals surface area contributed by atoms with Gasteiger partial charge in [0.25, 0.3) is 0 Å². The number of halogens is 2. The molecule has 0 N–H and O–H groups in total. The van der Waals surface area contributed by atoms with Gasteiger partial charge < -0.3 is 14.0 Å². The van der Waals surface area contributed by atoms with Crippen LogP contribution in [0, 0.1) is 11.7 Å². The molecule has 6 heteroatoms. The van der Waals surface area contributed by atoms with Crippen molar-refractivity contribution in [3.63, 3.8) is 0 Å². The molecular formula is C26H27ClFNO3. The van der Waals surface area contributed by atoms with Gasteiger partial charge in [0.05, 0.1) is 6.61 Å². The lowest BCUT2D eigenvalue weighted by Gasteiger charge is -2.12. The van der Waals surface area contributed by atoms with Crippen molar-refractivity contribution in [1.82, 2.24) is 4.57 Å². The zero-order valence-corrected chi connectivity index (χ0v) is 19.2. The predicted octanol–water partition coefficient (Wildman–Crippen LogP) is 6.07. The third-order valence-electron chi connectivity index (χ3n) is 4.72. The molecule has 32 heavy (non-hydrogen) atoms. The minimum Gasteiger partial charge on any atom is -0.490 e. The standard InChI is InChI=1S/C26H27ClFNO3/c1-18(2)17-32-25-10-9-20(14-24(25)28)23-16-29(3)15-22(26(23)30)19-7-6-8-21(13-19)31-12-5-4-11-27/h4-10,13-16,18H,11-12,17H2,1-3H3. The summed E-state index contributed by atoms with van der Waals surface area (Å²) >= 11 is 5.62. The first kappa shape index (κ1) is 23.6. The topological polar surface area (TPSA) is 40.5 Å². The van der Waals surface area contributed by atoms with E-state index in [4.69, 9.17) is 21.1 Å². The third-order valence-corrected chi connectivity index (χ3v) is 4.89. The van der Waals surface area contributed by atoms with Gasteiger partial charge in [-0.25, -0.2) is 4.39 Å². The SMILES string of the molecule is CC(C)COc1ccc(-c2cn(C)cc(-c3cccc(OCC=CCCl)c3)c2=O)cc1F. The number of ether oxygens (including phenoxy) is 2. The highest BCUT2D eigenvalue weighted by Crippen LogP contribution is 2.27. The summed E-state index contributed by atoms with van der Waals surface area (Å²) in [6.07, 6.45) is 7.10. The molecule has 0 saturated carbocycles. The lowest BCUT2D eigenvalue weighted by molar-refractivity contribution is 0.259. The third kappa shape index (κ3) is 6.01. The number of alkyl halides is 1. The first-order chi connectivity index (χ1) is 15.4. The van der Waals surface area contributed by atoms with Crippen LogP contribution in [0.15, 0.2) is 71.8 Å². The van der Waals surface area contributed by atoms with E-state index in [1.165, 1.54) is 6.07 Å². The van der Waals surface area contributed by atoms with Crippen LogP contribution in [0.4, 0.5) is 4.39 Å². The average Bonchev–Trinajstić information content (AvgIpc) is 2.77. The summed E-state index contributed by atoms with van der Waals surface area (Å²) in [5.74, 6) is 1.05. The molecule has 0 spiro atoms. The van der Waals surface area contributed by atoms with Crippen LogP contribution in [0.25, 0.3) is 22.3 Å². The number of hydrogen-bond donors (Lipinski definition) is 0. The van der Waals surface area contributed by atoms with Gasteiger partial charge in [-0.1, -0.05) is 44.2 Å². The van der Waals surface area contributed by atoms with Crippen LogP contribution in [-0.2, 0) is 7.05 Å². The molecule has 0 aliphatic rings. The molecule has 0 aliphatic carbocycles. The second-order valence-corrected chi connectivity index (χ2v) is 8.20. The molecule has 1 aromatic heterocycles. The van der Waals surface area contributed by atoms with Gasteiger partial charge in [-0.15, -0.1) is 11.6 Å². The first-order valence-corrected chi connectivity index (χ1v) is 11.0. The fourth-order valence-corrected chi connectivity index (χ4v) is 3.31. The molecule has 4 nitrogen and oxygen atoms in total. The number of benzene rings is 2. The van der Waals surface area contributed by atoms with Crippen LogP contribution in [-0.4, -0.2) is 23.7 Å². The van der Waals surface area contributed by atoms with E-state index < -0.39 is 5.82 Å². The maximum absolute atomic E-state index is 14.6. The summed E-state index contributed by atoms with van der Waals surface area (Å²) in [4.78, 5) is 13.3. The lowest BCUT2D eigenvalue weighted by Crippen LogP contribution is -2.12. The molecule has 0 saturated heterocycles. The number of pyridine rings is 1. The molecule has 0 atom stereocenters. The average molecular weight is 456 g/mol. The summed E-state index contributed by atoms with van der Waals surface area (Å²) in [5, 5.41) is 0. The van der Waals surface area contributed by atoms with Gasteiger partial charge in [-0.2, -0.15) is 0 Å². The quantitative estimate of drug-likeness (QED) is 0.290. The van der Waals surface area contributed by atoms with E-state index >= 15 is 0 Å². The molecule has 3 rings (SSSR count). The highest BCUT2D eigenvalue weighted by molar-refractivity contribution is 6.18. The van der Waals surface area contributed by atoms with Gasteiger partial charge in [0.15, 0.2) is 17.0 Å². The van der Waals surface area contributed by atoms with Crippen molar-refractivity contribution in [2.75, 3.05) is 19.1 Å². The molecule has 168 valence electrons. The van der Waals surface area contributed by atoms with Crippen molar-refractivity contribution in [1.29, 1.82) is 0 Å². The van der Waals surface area contributed by atoms with Gasteiger partial charge in [0, 0.05) is 36.4 Å². The normalized spacial score (nSPS) is 11.3. The summed E-state index contributed by atoms with van der Waals surface area (Å²) in [7, 11) is 1.83. The molecule has 3 aromatic rings. The highest BCUT2D eigenvalue weighted by Gasteiger charge is 2.14. The molecule has 0 unspecified atom stereocenters. The van der Waals surface area contributed by atoms with Gasteiger partial charge in [-0.3, -0.25) is 4.79 Å². The summed E-state index contributed by atoms with van der Waals surface area (Å²) in [6, 6.07) is 12.0. The van der Waals surface area contributed by atoms with E-state index in [1.807, 2.05) is 57.3 Å². The Morgan fingerprint density at radius 3 is 2.41 bits per heavy atom. The van der Waals surface area contributed by atoms with E-state index in [9.17, 15) is 9.18 Å². The lowest BCUT2D eigenvalue weighted by atomic mass is 10.0. The Hall–Kier alpha value is -3.05. The van der Waals surface area contributed by atoms with Crippen LogP contribution in [0.5, 0.6) is 11.5 Å². The number of nitrogens with zero attached hydrogens (tertiary/aromatic N) is 1. The van der Waals surface area contributed by atoms with E-state index in [0.29, 0.717) is 41.5 Å². The monoisotopic (exact) mass is 455 g/mol. The Labute approximate surface area is 192 Å². The van der Waals surface area contributed by atoms with Crippen LogP contribution in [0.1, 0.15) is 13.8 Å². The van der Waals surface area contributed by atoms with Crippen LogP contribution in [0.2, 0.25) is 0 Å². The molecule has 0 bridgehead atoms. The Morgan fingerprint density at radius 2 is 1.75 bits per heavy atom. The van der Waals surface area contributed by atoms with Crippen molar-refractivity contribution in [3.8, 4) is 33.8 Å². The predicted molar refractivity (Wildman–Crippen MR) is 128 cm³/mol. The Bertz CT molecular complexity index is 1150. The molecule has 0 amide bonds. The van der Waals surface area contributed by atoms with E-state index in [1.54, 1.807) is 29.1 Å². The molecule has 1 heterocycles. The van der Waals surface area contributed by atoms with Gasteiger partial charge >= 0.3 is 0 Å². The van der Waals surface area contributed by atoms with Crippen molar-refractivity contribution in [3.05, 3.63) is 83.1 Å². The van der Waals surface area contributed by atoms with Gasteiger partial charge in [-0.05, 0) is 41.3 Å². The second kappa shape index (κ2) is 11.0. The Morgan fingerprint density at radius 1 is 1.03 bits per heavy atom. The van der Waals surface area contributed by atoms with E-state index in [2.05, 4.69) is 0 Å². The second-order valence-electron chi connectivity index (χ2n) is 7.89. The number of allylic oxidation sites excluding steroid dienone is 1. The maximum Gasteiger partial charge on any atom is 0.197 e. The molecule has 0 radical (unpaired) electrons. The number of aryl methyl sites for hydroxylation is 1. The number of aromatic nitrogens is 1. The fourth-order valence-electron chi connectivity index (χ4n) is 3.19. The van der Waals surface area contributed by atoms with Crippen molar-refractivity contribution in [2.45, 2.75) is 13.8 Å². The smallest absolute Gasteiger partial charge is 0.197 e. The van der Waals surface area contributed by atoms with Crippen LogP contribution < -0.4 is 14.9 Å². The summed E-state index contributed by atoms with van der Waals surface area (Å²) in [6.45, 7) is 4.81. The zero-order valence-electron chi connectivity index (χ0n) is 18.5. The highest BCUT2D eigenvalue weighted by atomic mass is 35.5. The van der Waals surface area contributed by atoms with Crippen molar-refractivity contribution in [2.24, 2.45) is 13.0 Å². The van der Waals surface area contributed by atoms with Crippen LogP contribution >= 0.6 is 11.6 Å². The van der Waals surface area contributed by atoms with Gasteiger partial charge in [0.2, 0.25) is 0 Å². The van der Waals surface area contributed by atoms with Crippen molar-refractivity contribution >= 4 is 11.6 Å². The molecule has 0 fully saturated rings. The molecule has 2 aromatic carbocycles. The fraction of sp³-hybridized carbons (Fsp3) is 0.269. The van der Waals surface area contributed by atoms with Crippen LogP contribution in [0.3, 0.4) is 0 Å². The van der Waals surface area contributed by atoms with E-state index in [0.717, 1.165) is 5.56 Å². The number of hydrogen-bond acceptors (Lipinski definition) is 3. The minimum atomic E-state index is -0.490. The first-order valence-electron chi connectivity index (χ1n) is 10.5. The summed E-state index contributed by atoms with van der Waals surface area (Å²) < 4.78 is 27.6. The van der Waals surface area contributed by atoms with Gasteiger partial charge in [0.1, 0.15) is 12.4 Å². The minimum absolute atomic E-state index is 0.183. The maximum atomic E-state index is 14.6. The largest absolute Gasteiger partial charge is 0.490 e. The Balaban J connectivity index is 1.94. The van der Waals surface area contributed by atoms with Crippen molar-refractivity contribution < 1.29 is 13.9 Å². The van der Waals surface area contributed by atoms with E-state index in [-0.39, 0.29) is 17.1 Å². The zero-order chi connectivity index (χ0) is 23.1. The summed E-state index contributed by atoms with van der Waals surface area (Å²) in [5.41, 5.74) is 1.96. The molecule has 0 aliphatic heterocycles.